The van der Waals surface area contributed by atoms with Crippen LogP contribution in [0.2, 0.25) is 0 Å². The van der Waals surface area contributed by atoms with Gasteiger partial charge in [0.2, 0.25) is 0 Å². The van der Waals surface area contributed by atoms with Gasteiger partial charge in [0, 0.05) is 0 Å². The average molecular weight is 301 g/mol. The van der Waals surface area contributed by atoms with E-state index in [0.717, 1.165) is 5.56 Å². The summed E-state index contributed by atoms with van der Waals surface area (Å²) in [5.41, 5.74) is 1.33. The highest BCUT2D eigenvalue weighted by molar-refractivity contribution is 7.12. The Morgan fingerprint density at radius 3 is 2.33 bits per heavy atom. The number of rotatable bonds is 3. The molecule has 2 heterocycles. The fourth-order valence-corrected chi connectivity index (χ4v) is 3.03. The van der Waals surface area contributed by atoms with Gasteiger partial charge >= 0.3 is 5.97 Å². The van der Waals surface area contributed by atoms with Gasteiger partial charge in [-0.25, -0.2) is 4.79 Å². The smallest absolute Gasteiger partial charge is 0.323 e. The number of fused-ring (bicyclic) bond motifs is 1. The summed E-state index contributed by atoms with van der Waals surface area (Å²) < 4.78 is 0. The number of carbonyl (C=O) groups is 3. The van der Waals surface area contributed by atoms with E-state index in [1.165, 1.54) is 23.5 Å². The molecule has 0 unspecified atom stereocenters. The molecule has 0 N–H and O–H groups in total. The maximum Gasteiger partial charge on any atom is 0.374 e. The quantitative estimate of drug-likeness (QED) is 0.818. The van der Waals surface area contributed by atoms with E-state index in [9.17, 15) is 14.4 Å². The molecule has 1 aliphatic heterocycles. The maximum absolute atomic E-state index is 12.1. The Kier molecular flexibility index (Phi) is 3.31. The summed E-state index contributed by atoms with van der Waals surface area (Å²) in [4.78, 5) is 41.7. The van der Waals surface area contributed by atoms with E-state index in [1.54, 1.807) is 17.5 Å². The third-order valence-corrected chi connectivity index (χ3v) is 4.18. The highest BCUT2D eigenvalue weighted by atomic mass is 32.1. The second-order valence-corrected chi connectivity index (χ2v) is 5.37. The number of imide groups is 1. The van der Waals surface area contributed by atoms with E-state index in [0.29, 0.717) is 16.4 Å². The molecule has 21 heavy (non-hydrogen) atoms. The number of hydrogen-bond donors (Lipinski definition) is 0. The van der Waals surface area contributed by atoms with Crippen LogP contribution < -0.4 is 0 Å². The maximum atomic E-state index is 12.1. The van der Waals surface area contributed by atoms with Gasteiger partial charge in [-0.3, -0.25) is 9.59 Å². The Hall–Kier alpha value is -2.47. The fraction of sp³-hybridized carbons (Fsp3) is 0.133. The van der Waals surface area contributed by atoms with Crippen molar-refractivity contribution in [3.8, 4) is 0 Å². The van der Waals surface area contributed by atoms with Crippen LogP contribution in [-0.2, 0) is 11.3 Å². The van der Waals surface area contributed by atoms with E-state index in [4.69, 9.17) is 4.84 Å². The van der Waals surface area contributed by atoms with Crippen LogP contribution in [-0.4, -0.2) is 22.8 Å². The molecule has 6 heteroatoms. The predicted octanol–water partition coefficient (Wildman–Crippen LogP) is 2.68. The van der Waals surface area contributed by atoms with Gasteiger partial charge in [0.15, 0.2) is 0 Å². The molecule has 1 aromatic carbocycles. The lowest BCUT2D eigenvalue weighted by atomic mass is 10.1. The Morgan fingerprint density at radius 1 is 1.14 bits per heavy atom. The van der Waals surface area contributed by atoms with Gasteiger partial charge in [-0.15, -0.1) is 11.3 Å². The van der Waals surface area contributed by atoms with Crippen molar-refractivity contribution >= 4 is 29.1 Å². The Labute approximate surface area is 124 Å². The van der Waals surface area contributed by atoms with Gasteiger partial charge in [0.05, 0.1) is 11.1 Å². The van der Waals surface area contributed by atoms with Crippen molar-refractivity contribution in [3.63, 3.8) is 0 Å². The van der Waals surface area contributed by atoms with Crippen LogP contribution in [0.1, 0.15) is 42.9 Å². The molecule has 0 aliphatic carbocycles. The molecule has 0 saturated carbocycles. The SMILES string of the molecule is CCc1ccsc1C(=O)ON1C(=O)c2ccccc2C1=O. The van der Waals surface area contributed by atoms with Gasteiger partial charge in [0.25, 0.3) is 11.8 Å². The summed E-state index contributed by atoms with van der Waals surface area (Å²) in [5.74, 6) is -1.91. The summed E-state index contributed by atoms with van der Waals surface area (Å²) in [6, 6.07) is 8.20. The minimum absolute atomic E-state index is 0.247. The molecule has 1 aliphatic rings. The first-order chi connectivity index (χ1) is 10.1. The van der Waals surface area contributed by atoms with Crippen molar-refractivity contribution in [2.24, 2.45) is 0 Å². The Balaban J connectivity index is 1.86. The Bertz CT molecular complexity index is 715. The number of hydrogen-bond acceptors (Lipinski definition) is 5. The van der Waals surface area contributed by atoms with Gasteiger partial charge in [0.1, 0.15) is 4.88 Å². The van der Waals surface area contributed by atoms with Gasteiger partial charge < -0.3 is 4.84 Å². The van der Waals surface area contributed by atoms with Crippen LogP contribution >= 0.6 is 11.3 Å². The van der Waals surface area contributed by atoms with Crippen molar-refractivity contribution in [3.05, 3.63) is 57.3 Å². The first-order valence-corrected chi connectivity index (χ1v) is 7.28. The molecule has 0 saturated heterocycles. The molecule has 2 amide bonds. The van der Waals surface area contributed by atoms with Crippen molar-refractivity contribution < 1.29 is 19.2 Å². The minimum atomic E-state index is -0.684. The number of nitrogens with zero attached hydrogens (tertiary/aromatic N) is 1. The van der Waals surface area contributed by atoms with E-state index in [-0.39, 0.29) is 11.1 Å². The van der Waals surface area contributed by atoms with Crippen molar-refractivity contribution in [2.75, 3.05) is 0 Å². The van der Waals surface area contributed by atoms with E-state index < -0.39 is 17.8 Å². The summed E-state index contributed by atoms with van der Waals surface area (Å²) in [5, 5.41) is 2.31. The number of aryl methyl sites for hydroxylation is 1. The first kappa shape index (κ1) is 13.5. The van der Waals surface area contributed by atoms with Gasteiger partial charge in [-0.05, 0) is 35.6 Å². The summed E-state index contributed by atoms with van der Waals surface area (Å²) >= 11 is 1.23. The average Bonchev–Trinajstić information content (AvgIpc) is 3.07. The molecule has 1 aromatic heterocycles. The lowest BCUT2D eigenvalue weighted by Gasteiger charge is -2.12. The Morgan fingerprint density at radius 2 is 1.76 bits per heavy atom. The molecular formula is C15H11NO4S. The minimum Gasteiger partial charge on any atom is -0.323 e. The zero-order valence-corrected chi connectivity index (χ0v) is 12.0. The number of hydroxylamine groups is 2. The molecule has 0 radical (unpaired) electrons. The third-order valence-electron chi connectivity index (χ3n) is 3.24. The number of carbonyl (C=O) groups excluding carboxylic acids is 3. The van der Waals surface area contributed by atoms with Gasteiger partial charge in [-0.1, -0.05) is 24.1 Å². The standard InChI is InChI=1S/C15H11NO4S/c1-2-9-7-8-21-12(9)15(19)20-16-13(17)10-5-3-4-6-11(10)14(16)18/h3-8H,2H2,1H3. The van der Waals surface area contributed by atoms with Crippen LogP contribution in [0.4, 0.5) is 0 Å². The molecule has 0 fully saturated rings. The molecule has 3 rings (SSSR count). The molecule has 106 valence electrons. The zero-order chi connectivity index (χ0) is 15.0. The van der Waals surface area contributed by atoms with Crippen molar-refractivity contribution in [1.82, 2.24) is 5.06 Å². The molecule has 5 nitrogen and oxygen atoms in total. The second-order valence-electron chi connectivity index (χ2n) is 4.46. The zero-order valence-electron chi connectivity index (χ0n) is 11.2. The number of thiophene rings is 1. The fourth-order valence-electron chi connectivity index (χ4n) is 2.17. The van der Waals surface area contributed by atoms with Crippen LogP contribution in [0.25, 0.3) is 0 Å². The molecule has 0 bridgehead atoms. The largest absolute Gasteiger partial charge is 0.374 e. The summed E-state index contributed by atoms with van der Waals surface area (Å²) in [6.07, 6.45) is 0.677. The monoisotopic (exact) mass is 301 g/mol. The second kappa shape index (κ2) is 5.14. The van der Waals surface area contributed by atoms with Crippen LogP contribution in [0.15, 0.2) is 35.7 Å². The summed E-state index contributed by atoms with van der Waals surface area (Å²) in [6.45, 7) is 1.92. The van der Waals surface area contributed by atoms with Crippen LogP contribution in [0.3, 0.4) is 0 Å². The topological polar surface area (TPSA) is 63.7 Å². The van der Waals surface area contributed by atoms with Crippen LogP contribution in [0.5, 0.6) is 0 Å². The molecule has 0 spiro atoms. The molecule has 0 atom stereocenters. The normalized spacial score (nSPS) is 13.5. The van der Waals surface area contributed by atoms with E-state index in [1.807, 2.05) is 13.0 Å². The first-order valence-electron chi connectivity index (χ1n) is 6.40. The molecule has 2 aromatic rings. The number of benzene rings is 1. The van der Waals surface area contributed by atoms with Crippen molar-refractivity contribution in [2.45, 2.75) is 13.3 Å². The van der Waals surface area contributed by atoms with E-state index in [2.05, 4.69) is 0 Å². The third kappa shape index (κ3) is 2.13. The highest BCUT2D eigenvalue weighted by Gasteiger charge is 2.39. The lowest BCUT2D eigenvalue weighted by molar-refractivity contribution is -0.0581. The van der Waals surface area contributed by atoms with E-state index >= 15 is 0 Å². The lowest BCUT2D eigenvalue weighted by Crippen LogP contribution is -2.32. The van der Waals surface area contributed by atoms with Crippen molar-refractivity contribution in [1.29, 1.82) is 0 Å². The van der Waals surface area contributed by atoms with Crippen LogP contribution in [0, 0.1) is 0 Å². The highest BCUT2D eigenvalue weighted by Crippen LogP contribution is 2.25. The van der Waals surface area contributed by atoms with Gasteiger partial charge in [-0.2, -0.15) is 0 Å². The number of amides is 2. The predicted molar refractivity (Wildman–Crippen MR) is 76.1 cm³/mol. The summed E-state index contributed by atoms with van der Waals surface area (Å²) in [7, 11) is 0. The molecular weight excluding hydrogens is 290 g/mol.